The van der Waals surface area contributed by atoms with E-state index in [-0.39, 0.29) is 11.9 Å². The number of carbonyl (C=O) groups excluding carboxylic acids is 1. The van der Waals surface area contributed by atoms with E-state index in [1.165, 1.54) is 5.56 Å². The molecule has 5 nitrogen and oxygen atoms in total. The van der Waals surface area contributed by atoms with Crippen LogP contribution in [0.1, 0.15) is 47.3 Å². The number of para-hydroxylation sites is 1. The van der Waals surface area contributed by atoms with Crippen LogP contribution in [0.25, 0.3) is 10.9 Å². The minimum absolute atomic E-state index is 0.112. The van der Waals surface area contributed by atoms with Gasteiger partial charge in [-0.25, -0.2) is 0 Å². The first-order chi connectivity index (χ1) is 11.7. The summed E-state index contributed by atoms with van der Waals surface area (Å²) in [6.07, 6.45) is 8.74. The lowest BCUT2D eigenvalue weighted by Crippen LogP contribution is -2.30. The van der Waals surface area contributed by atoms with Gasteiger partial charge in [-0.15, -0.1) is 0 Å². The Hall–Kier alpha value is -2.56. The minimum atomic E-state index is 0.112. The number of aromatic amines is 1. The van der Waals surface area contributed by atoms with Crippen molar-refractivity contribution in [2.75, 3.05) is 6.54 Å². The Morgan fingerprint density at radius 3 is 3.04 bits per heavy atom. The van der Waals surface area contributed by atoms with Gasteiger partial charge in [0.05, 0.1) is 17.8 Å². The van der Waals surface area contributed by atoms with E-state index >= 15 is 0 Å². The van der Waals surface area contributed by atoms with Crippen molar-refractivity contribution in [1.29, 1.82) is 0 Å². The van der Waals surface area contributed by atoms with Crippen LogP contribution in [0.3, 0.4) is 0 Å². The van der Waals surface area contributed by atoms with E-state index in [9.17, 15) is 4.79 Å². The predicted molar refractivity (Wildman–Crippen MR) is 93.9 cm³/mol. The van der Waals surface area contributed by atoms with Crippen LogP contribution in [0.5, 0.6) is 0 Å². The third kappa shape index (κ3) is 2.31. The summed E-state index contributed by atoms with van der Waals surface area (Å²) in [4.78, 5) is 18.5. The Bertz CT molecular complexity index is 892. The summed E-state index contributed by atoms with van der Waals surface area (Å²) in [5.74, 6) is 0.112. The molecular formula is C19H22N4O. The number of amides is 1. The molecule has 2 aromatic heterocycles. The number of hydrogen-bond acceptors (Lipinski definition) is 2. The van der Waals surface area contributed by atoms with Crippen LogP contribution in [-0.2, 0) is 13.5 Å². The molecule has 5 heteroatoms. The predicted octanol–water partition coefficient (Wildman–Crippen LogP) is 3.44. The molecule has 1 aliphatic rings. The molecule has 0 spiro atoms. The number of nitrogens with one attached hydrogen (secondary N) is 1. The Morgan fingerprint density at radius 2 is 2.29 bits per heavy atom. The van der Waals surface area contributed by atoms with Gasteiger partial charge in [-0.3, -0.25) is 9.48 Å². The lowest BCUT2D eigenvalue weighted by atomic mass is 10.1. The Balaban J connectivity index is 1.70. The van der Waals surface area contributed by atoms with Gasteiger partial charge >= 0.3 is 0 Å². The smallest absolute Gasteiger partial charge is 0.256 e. The van der Waals surface area contributed by atoms with E-state index in [0.717, 1.165) is 47.8 Å². The molecule has 0 unspecified atom stereocenters. The average Bonchev–Trinajstić information content (AvgIpc) is 3.32. The zero-order valence-corrected chi connectivity index (χ0v) is 14.1. The summed E-state index contributed by atoms with van der Waals surface area (Å²) in [5, 5.41) is 5.29. The molecule has 1 amide bonds. The summed E-state index contributed by atoms with van der Waals surface area (Å²) in [7, 11) is 1.91. The van der Waals surface area contributed by atoms with Gasteiger partial charge in [0.25, 0.3) is 5.91 Å². The lowest BCUT2D eigenvalue weighted by Gasteiger charge is -2.23. The van der Waals surface area contributed by atoms with Crippen molar-refractivity contribution in [2.24, 2.45) is 7.05 Å². The third-order valence-corrected chi connectivity index (χ3v) is 5.04. The summed E-state index contributed by atoms with van der Waals surface area (Å²) < 4.78 is 1.80. The van der Waals surface area contributed by atoms with Crippen molar-refractivity contribution in [3.05, 3.63) is 53.5 Å². The van der Waals surface area contributed by atoms with E-state index in [4.69, 9.17) is 0 Å². The Morgan fingerprint density at radius 1 is 1.42 bits per heavy atom. The summed E-state index contributed by atoms with van der Waals surface area (Å²) in [6.45, 7) is 2.94. The fourth-order valence-corrected chi connectivity index (χ4v) is 3.81. The lowest BCUT2D eigenvalue weighted by molar-refractivity contribution is 0.0737. The largest absolute Gasteiger partial charge is 0.360 e. The number of aryl methyl sites for hydroxylation is 2. The maximum atomic E-state index is 13.2. The van der Waals surface area contributed by atoms with Gasteiger partial charge in [-0.2, -0.15) is 5.10 Å². The zero-order chi connectivity index (χ0) is 16.7. The molecule has 124 valence electrons. The highest BCUT2D eigenvalue weighted by Crippen LogP contribution is 2.34. The van der Waals surface area contributed by atoms with Gasteiger partial charge in [0, 0.05) is 42.5 Å². The molecule has 1 fully saturated rings. The number of H-pyrrole nitrogens is 1. The van der Waals surface area contributed by atoms with Gasteiger partial charge in [0.15, 0.2) is 0 Å². The van der Waals surface area contributed by atoms with Crippen LogP contribution < -0.4 is 0 Å². The maximum absolute atomic E-state index is 13.2. The van der Waals surface area contributed by atoms with Crippen LogP contribution in [0, 0.1) is 0 Å². The monoisotopic (exact) mass is 322 g/mol. The van der Waals surface area contributed by atoms with E-state index in [1.807, 2.05) is 42.7 Å². The third-order valence-electron chi connectivity index (χ3n) is 5.04. The van der Waals surface area contributed by atoms with Crippen molar-refractivity contribution in [3.8, 4) is 0 Å². The molecule has 24 heavy (non-hydrogen) atoms. The molecule has 3 heterocycles. The van der Waals surface area contributed by atoms with Crippen LogP contribution in [0.15, 0.2) is 36.8 Å². The summed E-state index contributed by atoms with van der Waals surface area (Å²) >= 11 is 0. The van der Waals surface area contributed by atoms with E-state index in [2.05, 4.69) is 23.1 Å². The maximum Gasteiger partial charge on any atom is 0.256 e. The van der Waals surface area contributed by atoms with Crippen LogP contribution in [0.2, 0.25) is 0 Å². The van der Waals surface area contributed by atoms with Gasteiger partial charge < -0.3 is 9.88 Å². The second kappa shape index (κ2) is 5.82. The Kier molecular flexibility index (Phi) is 3.63. The van der Waals surface area contributed by atoms with Crippen molar-refractivity contribution < 1.29 is 4.79 Å². The summed E-state index contributed by atoms with van der Waals surface area (Å²) in [6, 6.07) is 6.31. The second-order valence-corrected chi connectivity index (χ2v) is 6.50. The Labute approximate surface area is 141 Å². The van der Waals surface area contributed by atoms with Crippen molar-refractivity contribution in [1.82, 2.24) is 19.7 Å². The van der Waals surface area contributed by atoms with Crippen molar-refractivity contribution >= 4 is 16.8 Å². The minimum Gasteiger partial charge on any atom is -0.360 e. The SMILES string of the molecule is CCc1cccc2c(C(=O)N3CCC[C@H]3c3cnn(C)c3)c[nH]c12. The number of aromatic nitrogens is 3. The molecule has 1 aromatic carbocycles. The first kappa shape index (κ1) is 15.0. The molecule has 1 saturated heterocycles. The fourth-order valence-electron chi connectivity index (χ4n) is 3.81. The molecule has 1 atom stereocenters. The second-order valence-electron chi connectivity index (χ2n) is 6.50. The number of benzene rings is 1. The van der Waals surface area contributed by atoms with E-state index in [1.54, 1.807) is 4.68 Å². The molecule has 0 saturated carbocycles. The van der Waals surface area contributed by atoms with Gasteiger partial charge in [0.2, 0.25) is 0 Å². The number of nitrogens with zero attached hydrogens (tertiary/aromatic N) is 3. The number of carbonyl (C=O) groups is 1. The van der Waals surface area contributed by atoms with E-state index < -0.39 is 0 Å². The molecule has 0 bridgehead atoms. The average molecular weight is 322 g/mol. The topological polar surface area (TPSA) is 53.9 Å². The highest BCUT2D eigenvalue weighted by Gasteiger charge is 2.32. The molecular weight excluding hydrogens is 300 g/mol. The van der Waals surface area contributed by atoms with Gasteiger partial charge in [-0.05, 0) is 24.8 Å². The molecule has 4 rings (SSSR count). The zero-order valence-electron chi connectivity index (χ0n) is 14.1. The van der Waals surface area contributed by atoms with Crippen LogP contribution >= 0.6 is 0 Å². The quantitative estimate of drug-likeness (QED) is 0.803. The molecule has 1 aliphatic heterocycles. The molecule has 0 radical (unpaired) electrons. The number of likely N-dealkylation sites (tertiary alicyclic amines) is 1. The molecule has 3 aromatic rings. The van der Waals surface area contributed by atoms with E-state index in [0.29, 0.717) is 0 Å². The number of rotatable bonds is 3. The first-order valence-corrected chi connectivity index (χ1v) is 8.57. The fraction of sp³-hybridized carbons (Fsp3) is 0.368. The highest BCUT2D eigenvalue weighted by atomic mass is 16.2. The standard InChI is InChI=1S/C19H22N4O/c1-3-13-6-4-7-15-16(11-20-18(13)15)19(24)23-9-5-8-17(23)14-10-21-22(2)12-14/h4,6-7,10-12,17,20H,3,5,8-9H2,1-2H3/t17-/m0/s1. The number of fused-ring (bicyclic) bond motifs is 1. The number of hydrogen-bond donors (Lipinski definition) is 1. The van der Waals surface area contributed by atoms with Crippen LogP contribution in [-0.4, -0.2) is 32.1 Å². The molecule has 1 N–H and O–H groups in total. The van der Waals surface area contributed by atoms with Gasteiger partial charge in [0.1, 0.15) is 0 Å². The normalized spacial score (nSPS) is 17.8. The summed E-state index contributed by atoms with van der Waals surface area (Å²) in [5.41, 5.74) is 4.23. The molecule has 0 aliphatic carbocycles. The first-order valence-electron chi connectivity index (χ1n) is 8.57. The highest BCUT2D eigenvalue weighted by molar-refractivity contribution is 6.07. The van der Waals surface area contributed by atoms with Gasteiger partial charge in [-0.1, -0.05) is 25.1 Å². The van der Waals surface area contributed by atoms with Crippen LogP contribution in [0.4, 0.5) is 0 Å². The van der Waals surface area contributed by atoms with Crippen molar-refractivity contribution in [3.63, 3.8) is 0 Å². The van der Waals surface area contributed by atoms with Crippen molar-refractivity contribution in [2.45, 2.75) is 32.2 Å².